The van der Waals surface area contributed by atoms with Gasteiger partial charge in [-0.05, 0) is 31.2 Å². The maximum Gasteiger partial charge on any atom is 0.331 e. The van der Waals surface area contributed by atoms with E-state index in [-0.39, 0.29) is 17.0 Å². The average molecular weight is 431 g/mol. The molecule has 3 aromatic rings. The fourth-order valence-corrected chi connectivity index (χ4v) is 5.07. The van der Waals surface area contributed by atoms with Gasteiger partial charge < -0.3 is 4.90 Å². The minimum Gasteiger partial charge on any atom is -0.336 e. The zero-order valence-corrected chi connectivity index (χ0v) is 18.2. The van der Waals surface area contributed by atoms with Crippen molar-refractivity contribution in [1.82, 2.24) is 24.0 Å². The van der Waals surface area contributed by atoms with Gasteiger partial charge in [-0.25, -0.2) is 14.8 Å². The quantitative estimate of drug-likeness (QED) is 0.616. The number of hydrogen-bond acceptors (Lipinski definition) is 5. The second kappa shape index (κ2) is 7.55. The third kappa shape index (κ3) is 3.18. The number of piperidine rings is 1. The predicted molar refractivity (Wildman–Crippen MR) is 120 cm³/mol. The fraction of sp³-hybridized carbons (Fsp3) is 0.375. The lowest BCUT2D eigenvalue weighted by Crippen LogP contribution is -2.50. The van der Waals surface area contributed by atoms with Crippen LogP contribution >= 0.6 is 0 Å². The van der Waals surface area contributed by atoms with Crippen LogP contribution in [0.4, 0.5) is 0 Å². The molecule has 1 aromatic carbocycles. The van der Waals surface area contributed by atoms with Gasteiger partial charge in [-0.2, -0.15) is 0 Å². The molecule has 3 heterocycles. The Hall–Kier alpha value is -3.55. The Labute approximate surface area is 185 Å². The third-order valence-electron chi connectivity index (χ3n) is 6.88. The number of rotatable bonds is 2. The Balaban J connectivity index is 1.50. The highest BCUT2D eigenvalue weighted by Gasteiger charge is 2.45. The van der Waals surface area contributed by atoms with E-state index >= 15 is 0 Å². The van der Waals surface area contributed by atoms with Crippen LogP contribution in [-0.4, -0.2) is 43.0 Å². The standard InChI is InChI=1S/C24H25N5O3/c1-27-18(13-19(30)28(2)23(27)32)22(31)29-12-6-10-24(15-29)11-9-17-14-25-21(26-20(17)24)16-7-4-3-5-8-16/h3-5,7-8,13-14H,6,9-12,15H2,1-2H3. The number of nitrogens with zero attached hydrogens (tertiary/aromatic N) is 5. The van der Waals surface area contributed by atoms with Crippen molar-refractivity contribution in [2.75, 3.05) is 13.1 Å². The molecule has 0 bridgehead atoms. The van der Waals surface area contributed by atoms with Crippen molar-refractivity contribution in [2.24, 2.45) is 14.1 Å². The second-order valence-corrected chi connectivity index (χ2v) is 8.81. The van der Waals surface area contributed by atoms with E-state index in [0.717, 1.165) is 47.1 Å². The fourth-order valence-electron chi connectivity index (χ4n) is 5.07. The zero-order valence-electron chi connectivity index (χ0n) is 18.2. The summed E-state index contributed by atoms with van der Waals surface area (Å²) in [7, 11) is 2.94. The molecule has 0 N–H and O–H groups in total. The highest BCUT2D eigenvalue weighted by Crippen LogP contribution is 2.44. The van der Waals surface area contributed by atoms with Gasteiger partial charge >= 0.3 is 5.69 Å². The average Bonchev–Trinajstić information content (AvgIpc) is 3.17. The minimum atomic E-state index is -0.501. The monoisotopic (exact) mass is 431 g/mol. The first-order valence-electron chi connectivity index (χ1n) is 10.9. The van der Waals surface area contributed by atoms with Gasteiger partial charge in [0.2, 0.25) is 0 Å². The summed E-state index contributed by atoms with van der Waals surface area (Å²) in [6.45, 7) is 1.11. The smallest absolute Gasteiger partial charge is 0.331 e. The molecule has 1 amide bonds. The number of aromatic nitrogens is 4. The van der Waals surface area contributed by atoms with Gasteiger partial charge in [-0.15, -0.1) is 0 Å². The minimum absolute atomic E-state index is 0.126. The molecular weight excluding hydrogens is 406 g/mol. The predicted octanol–water partition coefficient (Wildman–Crippen LogP) is 1.66. The summed E-state index contributed by atoms with van der Waals surface area (Å²) in [4.78, 5) is 49.1. The lowest BCUT2D eigenvalue weighted by Gasteiger charge is -2.40. The van der Waals surface area contributed by atoms with E-state index in [1.807, 2.05) is 36.5 Å². The van der Waals surface area contributed by atoms with Crippen LogP contribution in [0.1, 0.15) is 41.0 Å². The Morgan fingerprint density at radius 1 is 1.06 bits per heavy atom. The van der Waals surface area contributed by atoms with Gasteiger partial charge in [0.25, 0.3) is 11.5 Å². The van der Waals surface area contributed by atoms with Crippen LogP contribution in [0, 0.1) is 0 Å². The zero-order chi connectivity index (χ0) is 22.5. The van der Waals surface area contributed by atoms with Gasteiger partial charge in [0.1, 0.15) is 5.69 Å². The van der Waals surface area contributed by atoms with Crippen molar-refractivity contribution in [2.45, 2.75) is 31.1 Å². The molecule has 164 valence electrons. The van der Waals surface area contributed by atoms with Gasteiger partial charge in [-0.1, -0.05) is 30.3 Å². The van der Waals surface area contributed by atoms with E-state index < -0.39 is 11.2 Å². The number of carbonyl (C=O) groups is 1. The van der Waals surface area contributed by atoms with Crippen molar-refractivity contribution in [1.29, 1.82) is 0 Å². The molecule has 8 heteroatoms. The number of aryl methyl sites for hydroxylation is 1. The molecule has 1 aliphatic heterocycles. The van der Waals surface area contributed by atoms with Crippen molar-refractivity contribution in [3.05, 3.63) is 80.4 Å². The first-order chi connectivity index (χ1) is 15.4. The van der Waals surface area contributed by atoms with Crippen LogP contribution in [0.5, 0.6) is 0 Å². The van der Waals surface area contributed by atoms with E-state index in [0.29, 0.717) is 18.9 Å². The van der Waals surface area contributed by atoms with Crippen molar-refractivity contribution >= 4 is 5.91 Å². The van der Waals surface area contributed by atoms with Gasteiger partial charge in [0.15, 0.2) is 5.82 Å². The third-order valence-corrected chi connectivity index (χ3v) is 6.88. The number of hydrogen-bond donors (Lipinski definition) is 0. The largest absolute Gasteiger partial charge is 0.336 e. The lowest BCUT2D eigenvalue weighted by molar-refractivity contribution is 0.0621. The van der Waals surface area contributed by atoms with Crippen LogP contribution in [0.25, 0.3) is 11.4 Å². The lowest BCUT2D eigenvalue weighted by atomic mass is 9.77. The highest BCUT2D eigenvalue weighted by atomic mass is 16.2. The highest BCUT2D eigenvalue weighted by molar-refractivity contribution is 5.92. The molecule has 8 nitrogen and oxygen atoms in total. The normalized spacial score (nSPS) is 19.9. The summed E-state index contributed by atoms with van der Waals surface area (Å²) in [6, 6.07) is 11.2. The van der Waals surface area contributed by atoms with Crippen molar-refractivity contribution in [3.63, 3.8) is 0 Å². The van der Waals surface area contributed by atoms with Crippen LogP contribution in [0.3, 0.4) is 0 Å². The number of carbonyl (C=O) groups excluding carboxylic acids is 1. The molecule has 1 atom stereocenters. The van der Waals surface area contributed by atoms with E-state index in [1.54, 1.807) is 4.90 Å². The second-order valence-electron chi connectivity index (χ2n) is 8.81. The summed E-state index contributed by atoms with van der Waals surface area (Å²) in [5.74, 6) is 0.412. The van der Waals surface area contributed by atoms with Gasteiger partial charge in [0.05, 0.1) is 5.69 Å². The molecule has 1 aliphatic carbocycles. The molecule has 1 saturated heterocycles. The van der Waals surface area contributed by atoms with Crippen LogP contribution < -0.4 is 11.2 Å². The Kier molecular flexibility index (Phi) is 4.80. The first-order valence-corrected chi connectivity index (χ1v) is 10.9. The summed E-state index contributed by atoms with van der Waals surface area (Å²) >= 11 is 0. The van der Waals surface area contributed by atoms with E-state index in [2.05, 4.69) is 4.98 Å². The summed E-state index contributed by atoms with van der Waals surface area (Å²) in [5.41, 5.74) is 2.06. The topological polar surface area (TPSA) is 90.1 Å². The molecule has 2 aromatic heterocycles. The Morgan fingerprint density at radius 2 is 1.84 bits per heavy atom. The van der Waals surface area contributed by atoms with E-state index in [9.17, 15) is 14.4 Å². The maximum absolute atomic E-state index is 13.4. The van der Waals surface area contributed by atoms with Crippen molar-refractivity contribution < 1.29 is 4.79 Å². The Morgan fingerprint density at radius 3 is 2.62 bits per heavy atom. The van der Waals surface area contributed by atoms with Crippen LogP contribution in [0.15, 0.2) is 52.2 Å². The molecule has 5 rings (SSSR count). The first kappa shape index (κ1) is 20.4. The Bertz CT molecular complexity index is 1320. The number of amides is 1. The van der Waals surface area contributed by atoms with E-state index in [4.69, 9.17) is 4.98 Å². The SMILES string of the molecule is Cn1c(C(=O)N2CCCC3(CCc4cnc(-c5ccccc5)nc43)C2)cc(=O)n(C)c1=O. The molecule has 32 heavy (non-hydrogen) atoms. The van der Waals surface area contributed by atoms with Crippen LogP contribution in [0.2, 0.25) is 0 Å². The molecule has 1 fully saturated rings. The summed E-state index contributed by atoms with van der Waals surface area (Å²) in [6.07, 6.45) is 5.51. The number of benzene rings is 1. The molecule has 1 spiro atoms. The maximum atomic E-state index is 13.4. The number of fused-ring (bicyclic) bond motifs is 2. The summed E-state index contributed by atoms with van der Waals surface area (Å²) < 4.78 is 2.26. The molecule has 2 aliphatic rings. The molecule has 0 saturated carbocycles. The number of likely N-dealkylation sites (tertiary alicyclic amines) is 1. The molecule has 1 unspecified atom stereocenters. The molecule has 0 radical (unpaired) electrons. The summed E-state index contributed by atoms with van der Waals surface area (Å²) in [5, 5.41) is 0. The molecular formula is C24H25N5O3. The van der Waals surface area contributed by atoms with Crippen LogP contribution in [-0.2, 0) is 25.9 Å². The van der Waals surface area contributed by atoms with E-state index in [1.165, 1.54) is 24.7 Å². The van der Waals surface area contributed by atoms with Gasteiger partial charge in [0, 0.05) is 50.4 Å². The van der Waals surface area contributed by atoms with Gasteiger partial charge in [-0.3, -0.25) is 18.7 Å². The van der Waals surface area contributed by atoms with Crippen molar-refractivity contribution in [3.8, 4) is 11.4 Å².